The summed E-state index contributed by atoms with van der Waals surface area (Å²) in [4.78, 5) is 11.7. The molecule has 0 unspecified atom stereocenters. The van der Waals surface area contributed by atoms with Crippen LogP contribution in [0.4, 0.5) is 0 Å². The first-order valence-corrected chi connectivity index (χ1v) is 7.83. The van der Waals surface area contributed by atoms with Crippen LogP contribution in [0.3, 0.4) is 0 Å². The third-order valence-corrected chi connectivity index (χ3v) is 4.36. The molecule has 0 amide bonds. The number of pyridine rings is 1. The zero-order chi connectivity index (χ0) is 16.6. The quantitative estimate of drug-likeness (QED) is 0.659. The van der Waals surface area contributed by atoms with Crippen LogP contribution in [0.2, 0.25) is 0 Å². The van der Waals surface area contributed by atoms with Gasteiger partial charge in [-0.15, -0.1) is 0 Å². The normalized spacial score (nSPS) is 11.0. The molecule has 0 atom stereocenters. The maximum absolute atomic E-state index is 11.7. The van der Waals surface area contributed by atoms with E-state index in [1.807, 2.05) is 24.4 Å². The van der Waals surface area contributed by atoms with Crippen molar-refractivity contribution in [2.45, 2.75) is 27.2 Å². The van der Waals surface area contributed by atoms with Crippen molar-refractivity contribution in [3.63, 3.8) is 0 Å². The van der Waals surface area contributed by atoms with Crippen LogP contribution in [0.25, 0.3) is 16.6 Å². The Kier molecular flexibility index (Phi) is 3.95. The summed E-state index contributed by atoms with van der Waals surface area (Å²) in [6.45, 7) is 6.17. The molecule has 0 saturated carbocycles. The van der Waals surface area contributed by atoms with Gasteiger partial charge in [0, 0.05) is 17.3 Å². The summed E-state index contributed by atoms with van der Waals surface area (Å²) in [6.07, 6.45) is 3.94. The van der Waals surface area contributed by atoms with Crippen LogP contribution >= 0.6 is 0 Å². The van der Waals surface area contributed by atoms with Gasteiger partial charge in [0.2, 0.25) is 0 Å². The average Bonchev–Trinajstić information content (AvgIpc) is 2.92. The van der Waals surface area contributed by atoms with Crippen molar-refractivity contribution in [1.29, 1.82) is 0 Å². The van der Waals surface area contributed by atoms with Crippen LogP contribution in [0.1, 0.15) is 34.1 Å². The summed E-state index contributed by atoms with van der Waals surface area (Å²) in [7, 11) is 1.69. The maximum Gasteiger partial charge on any atom is 0.167 e. The number of hydrogen-bond donors (Lipinski definition) is 0. The second-order valence-electron chi connectivity index (χ2n) is 5.89. The highest BCUT2D eigenvalue weighted by molar-refractivity contribution is 5.90. The highest BCUT2D eigenvalue weighted by Crippen LogP contribution is 2.33. The molecule has 0 spiro atoms. The van der Waals surface area contributed by atoms with Gasteiger partial charge < -0.3 is 9.14 Å². The third kappa shape index (κ3) is 2.52. The van der Waals surface area contributed by atoms with E-state index in [-0.39, 0.29) is 0 Å². The fraction of sp³-hybridized carbons (Fsp3) is 0.250. The second-order valence-corrected chi connectivity index (χ2v) is 5.89. The van der Waals surface area contributed by atoms with E-state index in [9.17, 15) is 4.79 Å². The van der Waals surface area contributed by atoms with Crippen LogP contribution in [0.15, 0.2) is 36.5 Å². The predicted molar refractivity (Wildman–Crippen MR) is 93.6 cm³/mol. The summed E-state index contributed by atoms with van der Waals surface area (Å²) >= 11 is 0. The number of ether oxygens (including phenoxy) is 1. The molecule has 0 bridgehead atoms. The number of benzene rings is 1. The lowest BCUT2D eigenvalue weighted by Crippen LogP contribution is -1.96. The molecule has 0 radical (unpaired) electrons. The fourth-order valence-electron chi connectivity index (χ4n) is 3.22. The van der Waals surface area contributed by atoms with Gasteiger partial charge in [-0.3, -0.25) is 4.79 Å². The van der Waals surface area contributed by atoms with Gasteiger partial charge in [0.25, 0.3) is 0 Å². The van der Waals surface area contributed by atoms with Crippen molar-refractivity contribution in [1.82, 2.24) is 4.40 Å². The molecule has 0 aliphatic heterocycles. The van der Waals surface area contributed by atoms with Crippen molar-refractivity contribution in [2.75, 3.05) is 7.11 Å². The van der Waals surface area contributed by atoms with Crippen LogP contribution in [0.5, 0.6) is 5.75 Å². The Labute approximate surface area is 136 Å². The molecule has 0 N–H and O–H groups in total. The van der Waals surface area contributed by atoms with Crippen molar-refractivity contribution < 1.29 is 9.53 Å². The molecule has 23 heavy (non-hydrogen) atoms. The summed E-state index contributed by atoms with van der Waals surface area (Å²) < 4.78 is 7.42. The van der Waals surface area contributed by atoms with Crippen molar-refractivity contribution in [2.24, 2.45) is 0 Å². The number of carbonyl (C=O) groups excluding carboxylic acids is 1. The zero-order valence-electron chi connectivity index (χ0n) is 14.0. The van der Waals surface area contributed by atoms with E-state index in [1.54, 1.807) is 7.11 Å². The molecule has 2 heterocycles. The Hall–Kier alpha value is -2.55. The number of aryl methyl sites for hydroxylation is 3. The highest BCUT2D eigenvalue weighted by Gasteiger charge is 2.14. The van der Waals surface area contributed by atoms with E-state index >= 15 is 0 Å². The zero-order valence-corrected chi connectivity index (χ0v) is 14.0. The minimum Gasteiger partial charge on any atom is -0.496 e. The van der Waals surface area contributed by atoms with E-state index < -0.39 is 0 Å². The lowest BCUT2D eigenvalue weighted by atomic mass is 10.00. The largest absolute Gasteiger partial charge is 0.496 e. The molecular weight excluding hydrogens is 286 g/mol. The van der Waals surface area contributed by atoms with Crippen LogP contribution < -0.4 is 4.74 Å². The van der Waals surface area contributed by atoms with E-state index in [2.05, 4.69) is 37.3 Å². The van der Waals surface area contributed by atoms with Crippen LogP contribution in [-0.2, 0) is 6.42 Å². The lowest BCUT2D eigenvalue weighted by Gasteiger charge is -2.11. The Morgan fingerprint density at radius 2 is 1.83 bits per heavy atom. The number of nitrogens with zero attached hydrogens (tertiary/aromatic N) is 1. The summed E-state index contributed by atoms with van der Waals surface area (Å²) in [6, 6.07) is 10.4. The average molecular weight is 307 g/mol. The van der Waals surface area contributed by atoms with Crippen molar-refractivity contribution in [3.05, 3.63) is 58.9 Å². The molecule has 0 aliphatic carbocycles. The smallest absolute Gasteiger partial charge is 0.167 e. The molecule has 0 saturated heterocycles. The molecule has 2 aromatic heterocycles. The molecule has 3 rings (SSSR count). The Morgan fingerprint density at radius 1 is 1.13 bits per heavy atom. The molecule has 3 nitrogen and oxygen atoms in total. The van der Waals surface area contributed by atoms with Gasteiger partial charge in [0.05, 0.1) is 12.8 Å². The van der Waals surface area contributed by atoms with Crippen molar-refractivity contribution in [3.8, 4) is 16.9 Å². The summed E-state index contributed by atoms with van der Waals surface area (Å²) in [5.74, 6) is 0.901. The van der Waals surface area contributed by atoms with Gasteiger partial charge in [-0.05, 0) is 66.8 Å². The van der Waals surface area contributed by atoms with Gasteiger partial charge in [-0.25, -0.2) is 0 Å². The first kappa shape index (κ1) is 15.3. The molecular formula is C20H21NO2. The molecule has 3 aromatic rings. The van der Waals surface area contributed by atoms with E-state index in [4.69, 9.17) is 4.74 Å². The maximum atomic E-state index is 11.7. The Morgan fingerprint density at radius 3 is 2.39 bits per heavy atom. The second kappa shape index (κ2) is 5.92. The number of aldehydes is 1. The first-order valence-electron chi connectivity index (χ1n) is 7.83. The topological polar surface area (TPSA) is 30.7 Å². The SMILES string of the molecule is CCc1ccc2cc(-c3cc(C)c(OC)c(C)c3)c(C=O)n2c1. The van der Waals surface area contributed by atoms with Gasteiger partial charge in [-0.2, -0.15) is 0 Å². The lowest BCUT2D eigenvalue weighted by molar-refractivity contribution is 0.111. The number of fused-ring (bicyclic) bond motifs is 1. The summed E-state index contributed by atoms with van der Waals surface area (Å²) in [5.41, 5.74) is 7.09. The number of carbonyl (C=O) groups is 1. The predicted octanol–water partition coefficient (Wildman–Crippen LogP) is 4.61. The number of hydrogen-bond acceptors (Lipinski definition) is 2. The fourth-order valence-corrected chi connectivity index (χ4v) is 3.22. The minimum atomic E-state index is 0.694. The van der Waals surface area contributed by atoms with Gasteiger partial charge in [0.15, 0.2) is 6.29 Å². The molecule has 0 aliphatic rings. The third-order valence-electron chi connectivity index (χ3n) is 4.36. The monoisotopic (exact) mass is 307 g/mol. The van der Waals surface area contributed by atoms with Crippen molar-refractivity contribution >= 4 is 11.8 Å². The number of rotatable bonds is 4. The summed E-state index contributed by atoms with van der Waals surface area (Å²) in [5, 5.41) is 0. The Balaban J connectivity index is 2.26. The highest BCUT2D eigenvalue weighted by atomic mass is 16.5. The standard InChI is InChI=1S/C20H21NO2/c1-5-15-6-7-17-10-18(19(12-22)21(17)11-15)16-8-13(2)20(23-4)14(3)9-16/h6-12H,5H2,1-4H3. The van der Waals surface area contributed by atoms with E-state index in [1.165, 1.54) is 5.56 Å². The van der Waals surface area contributed by atoms with Gasteiger partial charge in [-0.1, -0.05) is 13.0 Å². The van der Waals surface area contributed by atoms with E-state index in [0.29, 0.717) is 5.69 Å². The number of aromatic nitrogens is 1. The molecule has 118 valence electrons. The minimum absolute atomic E-state index is 0.694. The Bertz CT molecular complexity index is 867. The van der Waals surface area contributed by atoms with Gasteiger partial charge >= 0.3 is 0 Å². The van der Waals surface area contributed by atoms with E-state index in [0.717, 1.165) is 46.2 Å². The van der Waals surface area contributed by atoms with Gasteiger partial charge in [0.1, 0.15) is 5.75 Å². The first-order chi connectivity index (χ1) is 11.1. The van der Waals surface area contributed by atoms with Crippen LogP contribution in [-0.4, -0.2) is 17.8 Å². The molecule has 0 fully saturated rings. The van der Waals surface area contributed by atoms with Crippen LogP contribution in [0, 0.1) is 13.8 Å². The molecule has 1 aromatic carbocycles. The molecule has 3 heteroatoms. The number of methoxy groups -OCH3 is 1.